The molecule has 0 bridgehead atoms. The van der Waals surface area contributed by atoms with Crippen LogP contribution in [-0.2, 0) is 19.3 Å². The molecule has 6 heteroatoms. The highest BCUT2D eigenvalue weighted by molar-refractivity contribution is 5.94. The Labute approximate surface area is 125 Å². The van der Waals surface area contributed by atoms with Crippen molar-refractivity contribution in [1.29, 1.82) is 10.8 Å². The van der Waals surface area contributed by atoms with Crippen molar-refractivity contribution in [1.82, 2.24) is 10.6 Å². The highest BCUT2D eigenvalue weighted by Gasteiger charge is 2.12. The van der Waals surface area contributed by atoms with Gasteiger partial charge < -0.3 is 11.1 Å². The maximum Gasteiger partial charge on any atom is 0.195 e. The van der Waals surface area contributed by atoms with Gasteiger partial charge in [-0.2, -0.15) is 0 Å². The number of aryl methyl sites for hydroxylation is 1. The van der Waals surface area contributed by atoms with E-state index in [1.165, 1.54) is 42.4 Å². The summed E-state index contributed by atoms with van der Waals surface area (Å²) in [5, 5.41) is 19.9. The molecular weight excluding hydrogens is 274 g/mol. The third kappa shape index (κ3) is 4.42. The molecule has 5 nitrogen and oxygen atoms in total. The van der Waals surface area contributed by atoms with Crippen molar-refractivity contribution in [2.75, 3.05) is 6.54 Å². The van der Waals surface area contributed by atoms with E-state index in [1.54, 1.807) is 0 Å². The van der Waals surface area contributed by atoms with Crippen LogP contribution in [0.1, 0.15) is 29.5 Å². The molecule has 0 aliphatic heterocycles. The lowest BCUT2D eigenvalue weighted by Gasteiger charge is -2.19. The third-order valence-corrected chi connectivity index (χ3v) is 3.45. The van der Waals surface area contributed by atoms with Gasteiger partial charge in [-0.1, -0.05) is 18.2 Å². The van der Waals surface area contributed by atoms with Gasteiger partial charge in [0.2, 0.25) is 0 Å². The Morgan fingerprint density at radius 1 is 1.20 bits per heavy atom. The van der Waals surface area contributed by atoms with Crippen molar-refractivity contribution >= 4 is 24.3 Å². The SMILES string of the molecule is Cl.N=C(N)NC(=N)NCCc1cccc2c1CCCC2. The molecule has 0 spiro atoms. The summed E-state index contributed by atoms with van der Waals surface area (Å²) in [7, 11) is 0. The molecule has 6 N–H and O–H groups in total. The molecule has 0 amide bonds. The molecule has 110 valence electrons. The Hall–Kier alpha value is -1.75. The van der Waals surface area contributed by atoms with Crippen LogP contribution < -0.4 is 16.4 Å². The number of nitrogens with one attached hydrogen (secondary N) is 4. The van der Waals surface area contributed by atoms with Gasteiger partial charge in [0.15, 0.2) is 11.9 Å². The topological polar surface area (TPSA) is 97.8 Å². The van der Waals surface area contributed by atoms with Crippen LogP contribution in [0, 0.1) is 10.8 Å². The van der Waals surface area contributed by atoms with E-state index in [4.69, 9.17) is 16.6 Å². The molecule has 0 aromatic heterocycles. The first-order chi connectivity index (χ1) is 9.16. The molecule has 0 heterocycles. The zero-order valence-electron chi connectivity index (χ0n) is 11.5. The lowest BCUT2D eigenvalue weighted by Crippen LogP contribution is -2.43. The summed E-state index contributed by atoms with van der Waals surface area (Å²) in [5.41, 5.74) is 9.52. The minimum Gasteiger partial charge on any atom is -0.370 e. The zero-order valence-corrected chi connectivity index (χ0v) is 12.3. The first-order valence-corrected chi connectivity index (χ1v) is 6.70. The van der Waals surface area contributed by atoms with Crippen molar-refractivity contribution in [3.63, 3.8) is 0 Å². The minimum absolute atomic E-state index is 0. The number of fused-ring (bicyclic) bond motifs is 1. The van der Waals surface area contributed by atoms with E-state index in [9.17, 15) is 0 Å². The molecule has 1 aliphatic carbocycles. The van der Waals surface area contributed by atoms with E-state index in [0.717, 1.165) is 6.42 Å². The van der Waals surface area contributed by atoms with E-state index in [-0.39, 0.29) is 24.3 Å². The average molecular weight is 296 g/mol. The van der Waals surface area contributed by atoms with Crippen molar-refractivity contribution in [3.8, 4) is 0 Å². The van der Waals surface area contributed by atoms with Crippen LogP contribution in [0.5, 0.6) is 0 Å². The standard InChI is InChI=1S/C14H21N5.ClH/c15-13(16)19-14(17)18-9-8-11-6-3-5-10-4-1-2-7-12(10)11;/h3,5-6H,1-2,4,7-9H2,(H6,15,16,17,18,19);1H. The van der Waals surface area contributed by atoms with Gasteiger partial charge in [0.1, 0.15) is 0 Å². The number of benzene rings is 1. The van der Waals surface area contributed by atoms with Gasteiger partial charge in [0.05, 0.1) is 0 Å². The molecule has 2 rings (SSSR count). The van der Waals surface area contributed by atoms with Crippen LogP contribution in [0.25, 0.3) is 0 Å². The third-order valence-electron chi connectivity index (χ3n) is 3.45. The molecular formula is C14H22ClN5. The predicted molar refractivity (Wildman–Crippen MR) is 84.8 cm³/mol. The van der Waals surface area contributed by atoms with E-state index in [0.29, 0.717) is 6.54 Å². The molecule has 0 radical (unpaired) electrons. The summed E-state index contributed by atoms with van der Waals surface area (Å²) in [6.07, 6.45) is 5.83. The van der Waals surface area contributed by atoms with Crippen molar-refractivity contribution in [3.05, 3.63) is 34.9 Å². The number of halogens is 1. The van der Waals surface area contributed by atoms with E-state index >= 15 is 0 Å². The lowest BCUT2D eigenvalue weighted by molar-refractivity contribution is 0.675. The largest absolute Gasteiger partial charge is 0.370 e. The monoisotopic (exact) mass is 295 g/mol. The van der Waals surface area contributed by atoms with Crippen LogP contribution in [-0.4, -0.2) is 18.5 Å². The van der Waals surface area contributed by atoms with Crippen molar-refractivity contribution in [2.24, 2.45) is 5.73 Å². The Balaban J connectivity index is 0.00000200. The maximum atomic E-state index is 7.53. The molecule has 0 atom stereocenters. The number of nitrogens with two attached hydrogens (primary N) is 1. The molecule has 1 aromatic carbocycles. The molecule has 0 fully saturated rings. The summed E-state index contributed by atoms with van der Waals surface area (Å²) in [4.78, 5) is 0. The second-order valence-electron chi connectivity index (χ2n) is 4.85. The highest BCUT2D eigenvalue weighted by Crippen LogP contribution is 2.24. The molecule has 20 heavy (non-hydrogen) atoms. The van der Waals surface area contributed by atoms with Gasteiger partial charge in [-0.25, -0.2) is 0 Å². The fourth-order valence-electron chi connectivity index (χ4n) is 2.60. The van der Waals surface area contributed by atoms with Gasteiger partial charge in [-0.05, 0) is 48.8 Å². The van der Waals surface area contributed by atoms with Gasteiger partial charge in [0.25, 0.3) is 0 Å². The van der Waals surface area contributed by atoms with Gasteiger partial charge >= 0.3 is 0 Å². The molecule has 1 aliphatic rings. The summed E-state index contributed by atoms with van der Waals surface area (Å²) >= 11 is 0. The van der Waals surface area contributed by atoms with Crippen LogP contribution in [0.3, 0.4) is 0 Å². The predicted octanol–water partition coefficient (Wildman–Crippen LogP) is 1.54. The van der Waals surface area contributed by atoms with Gasteiger partial charge in [-0.3, -0.25) is 16.1 Å². The zero-order chi connectivity index (χ0) is 13.7. The summed E-state index contributed by atoms with van der Waals surface area (Å²) < 4.78 is 0. The lowest BCUT2D eigenvalue weighted by atomic mass is 9.87. The average Bonchev–Trinajstić information content (AvgIpc) is 2.38. The Bertz CT molecular complexity index is 486. The quantitative estimate of drug-likeness (QED) is 0.432. The normalized spacial score (nSPS) is 12.8. The smallest absolute Gasteiger partial charge is 0.195 e. The van der Waals surface area contributed by atoms with E-state index in [1.807, 2.05) is 0 Å². The molecule has 0 saturated heterocycles. The molecule has 1 aromatic rings. The summed E-state index contributed by atoms with van der Waals surface area (Å²) in [5.74, 6) is -0.133. The Morgan fingerprint density at radius 2 is 1.95 bits per heavy atom. The van der Waals surface area contributed by atoms with E-state index in [2.05, 4.69) is 28.8 Å². The molecule has 0 unspecified atom stereocenters. The first kappa shape index (κ1) is 16.3. The van der Waals surface area contributed by atoms with Gasteiger partial charge in [0, 0.05) is 6.54 Å². The van der Waals surface area contributed by atoms with Crippen molar-refractivity contribution in [2.45, 2.75) is 32.1 Å². The summed E-state index contributed by atoms with van der Waals surface area (Å²) in [6, 6.07) is 6.53. The number of guanidine groups is 2. The fourth-order valence-corrected chi connectivity index (χ4v) is 2.60. The second-order valence-corrected chi connectivity index (χ2v) is 4.85. The Kier molecular flexibility index (Phi) is 6.31. The first-order valence-electron chi connectivity index (χ1n) is 6.70. The number of hydrogen-bond acceptors (Lipinski definition) is 2. The van der Waals surface area contributed by atoms with Gasteiger partial charge in [-0.15, -0.1) is 12.4 Å². The maximum absolute atomic E-state index is 7.53. The Morgan fingerprint density at radius 3 is 2.70 bits per heavy atom. The minimum atomic E-state index is -0.213. The summed E-state index contributed by atoms with van der Waals surface area (Å²) in [6.45, 7) is 0.676. The number of rotatable bonds is 3. The van der Waals surface area contributed by atoms with Crippen LogP contribution in [0.2, 0.25) is 0 Å². The van der Waals surface area contributed by atoms with Crippen LogP contribution >= 0.6 is 12.4 Å². The fraction of sp³-hybridized carbons (Fsp3) is 0.429. The van der Waals surface area contributed by atoms with Crippen LogP contribution in [0.4, 0.5) is 0 Å². The highest BCUT2D eigenvalue weighted by atomic mass is 35.5. The number of hydrogen-bond donors (Lipinski definition) is 5. The van der Waals surface area contributed by atoms with E-state index < -0.39 is 0 Å². The van der Waals surface area contributed by atoms with Crippen LogP contribution in [0.15, 0.2) is 18.2 Å². The second kappa shape index (κ2) is 7.75. The van der Waals surface area contributed by atoms with Crippen molar-refractivity contribution < 1.29 is 0 Å². The molecule has 0 saturated carbocycles.